The minimum atomic E-state index is -4.92. The molecule has 0 amide bonds. The van der Waals surface area contributed by atoms with Crippen molar-refractivity contribution in [1.29, 1.82) is 0 Å². The van der Waals surface area contributed by atoms with Crippen molar-refractivity contribution in [1.82, 2.24) is 14.8 Å². The van der Waals surface area contributed by atoms with Gasteiger partial charge in [0.2, 0.25) is 0 Å². The van der Waals surface area contributed by atoms with Crippen LogP contribution in [0.5, 0.6) is 0 Å². The maximum absolute atomic E-state index is 12.7. The molecule has 0 radical (unpaired) electrons. The van der Waals surface area contributed by atoms with Gasteiger partial charge in [-0.3, -0.25) is 0 Å². The zero-order valence-corrected chi connectivity index (χ0v) is 9.77. The minimum Gasteiger partial charge on any atom is -0.478 e. The number of hydrogen-bond acceptors (Lipinski definition) is 3. The van der Waals surface area contributed by atoms with Gasteiger partial charge in [-0.05, 0) is 12.1 Å². The molecule has 9 heteroatoms. The molecule has 0 aliphatic heterocycles. The summed E-state index contributed by atoms with van der Waals surface area (Å²) in [6, 6.07) is 4.41. The van der Waals surface area contributed by atoms with Crippen LogP contribution in [0.15, 0.2) is 24.4 Å². The van der Waals surface area contributed by atoms with E-state index in [9.17, 15) is 18.0 Å². The third kappa shape index (κ3) is 2.39. The number of hydrogen-bond donors (Lipinski definition) is 1. The summed E-state index contributed by atoms with van der Waals surface area (Å²) in [7, 11) is 0. The fourth-order valence-electron chi connectivity index (χ4n) is 1.42. The van der Waals surface area contributed by atoms with Crippen molar-refractivity contribution in [3.05, 3.63) is 40.8 Å². The van der Waals surface area contributed by atoms with Gasteiger partial charge in [-0.1, -0.05) is 17.7 Å². The van der Waals surface area contributed by atoms with Gasteiger partial charge < -0.3 is 5.11 Å². The Bertz CT molecular complexity index is 625. The molecular formula is C10H5ClF3N3O2. The van der Waals surface area contributed by atoms with Gasteiger partial charge in [-0.25, -0.2) is 14.5 Å². The number of alkyl halides is 3. The van der Waals surface area contributed by atoms with Gasteiger partial charge in [-0.2, -0.15) is 18.3 Å². The highest BCUT2D eigenvalue weighted by Gasteiger charge is 2.41. The SMILES string of the molecule is O=C(O)c1c(C(F)(F)F)nn(-c2ccccn2)c1Cl. The molecule has 2 rings (SSSR count). The molecule has 2 heterocycles. The first-order valence-corrected chi connectivity index (χ1v) is 5.20. The molecule has 0 bridgehead atoms. The molecule has 100 valence electrons. The molecule has 0 spiro atoms. The quantitative estimate of drug-likeness (QED) is 0.923. The summed E-state index contributed by atoms with van der Waals surface area (Å²) in [5.74, 6) is -1.81. The second-order valence-electron chi connectivity index (χ2n) is 3.42. The molecule has 0 aliphatic rings. The Hall–Kier alpha value is -2.09. The smallest absolute Gasteiger partial charge is 0.436 e. The first kappa shape index (κ1) is 13.3. The van der Waals surface area contributed by atoms with Crippen molar-refractivity contribution in [2.45, 2.75) is 6.18 Å². The van der Waals surface area contributed by atoms with Crippen LogP contribution < -0.4 is 0 Å². The molecule has 0 atom stereocenters. The summed E-state index contributed by atoms with van der Waals surface area (Å²) in [5.41, 5.74) is -2.66. The normalized spacial score (nSPS) is 11.6. The summed E-state index contributed by atoms with van der Waals surface area (Å²) in [6.07, 6.45) is -3.60. The van der Waals surface area contributed by atoms with Gasteiger partial charge in [0.15, 0.2) is 11.5 Å². The van der Waals surface area contributed by atoms with Crippen LogP contribution in [-0.4, -0.2) is 25.8 Å². The molecule has 0 aliphatic carbocycles. The standard InChI is InChI=1S/C10H5ClF3N3O2/c11-8-6(9(18)19)7(10(12,13)14)16-17(8)5-3-1-2-4-15-5/h1-4H,(H,18,19). The van der Waals surface area contributed by atoms with E-state index in [1.165, 1.54) is 18.3 Å². The van der Waals surface area contributed by atoms with Crippen molar-refractivity contribution in [3.63, 3.8) is 0 Å². The van der Waals surface area contributed by atoms with E-state index in [2.05, 4.69) is 10.1 Å². The van der Waals surface area contributed by atoms with Crippen LogP contribution in [0, 0.1) is 0 Å². The van der Waals surface area contributed by atoms with Crippen LogP contribution in [0.1, 0.15) is 16.1 Å². The van der Waals surface area contributed by atoms with Crippen molar-refractivity contribution in [3.8, 4) is 5.82 Å². The molecule has 2 aromatic rings. The van der Waals surface area contributed by atoms with Crippen molar-refractivity contribution in [2.75, 3.05) is 0 Å². The summed E-state index contributed by atoms with van der Waals surface area (Å²) >= 11 is 5.64. The molecular weight excluding hydrogens is 287 g/mol. The number of pyridine rings is 1. The molecule has 5 nitrogen and oxygen atoms in total. The van der Waals surface area contributed by atoms with Gasteiger partial charge in [-0.15, -0.1) is 0 Å². The van der Waals surface area contributed by atoms with Crippen LogP contribution in [0.2, 0.25) is 5.15 Å². The minimum absolute atomic E-state index is 0.00880. The zero-order chi connectivity index (χ0) is 14.2. The third-order valence-corrected chi connectivity index (χ3v) is 2.53. The Kier molecular flexibility index (Phi) is 3.19. The molecule has 1 N–H and O–H groups in total. The van der Waals surface area contributed by atoms with E-state index in [4.69, 9.17) is 16.7 Å². The second-order valence-corrected chi connectivity index (χ2v) is 3.78. The van der Waals surface area contributed by atoms with Gasteiger partial charge in [0.1, 0.15) is 10.7 Å². The number of nitrogens with zero attached hydrogens (tertiary/aromatic N) is 3. The largest absolute Gasteiger partial charge is 0.478 e. The van der Waals surface area contributed by atoms with Gasteiger partial charge in [0, 0.05) is 6.20 Å². The predicted molar refractivity (Wildman–Crippen MR) is 58.3 cm³/mol. The van der Waals surface area contributed by atoms with Crippen LogP contribution >= 0.6 is 11.6 Å². The van der Waals surface area contributed by atoms with E-state index < -0.39 is 28.6 Å². The van der Waals surface area contributed by atoms with Crippen LogP contribution in [-0.2, 0) is 6.18 Å². The Labute approximate surface area is 109 Å². The highest BCUT2D eigenvalue weighted by atomic mass is 35.5. The van der Waals surface area contributed by atoms with E-state index in [1.54, 1.807) is 6.07 Å². The summed E-state index contributed by atoms with van der Waals surface area (Å²) in [5, 5.41) is 11.3. The highest BCUT2D eigenvalue weighted by molar-refractivity contribution is 6.32. The van der Waals surface area contributed by atoms with Crippen molar-refractivity contribution in [2.24, 2.45) is 0 Å². The Morgan fingerprint density at radius 3 is 2.47 bits per heavy atom. The lowest BCUT2D eigenvalue weighted by Crippen LogP contribution is -2.12. The van der Waals surface area contributed by atoms with E-state index >= 15 is 0 Å². The molecule has 19 heavy (non-hydrogen) atoms. The maximum atomic E-state index is 12.7. The molecule has 0 saturated heterocycles. The number of rotatable bonds is 2. The topological polar surface area (TPSA) is 68.0 Å². The fourth-order valence-corrected chi connectivity index (χ4v) is 1.71. The molecule has 0 unspecified atom stereocenters. The number of carboxylic acid groups (broad SMARTS) is 1. The molecule has 0 aromatic carbocycles. The second kappa shape index (κ2) is 4.54. The van der Waals surface area contributed by atoms with E-state index in [0.717, 1.165) is 0 Å². The average molecular weight is 292 g/mol. The van der Waals surface area contributed by atoms with Gasteiger partial charge in [0.25, 0.3) is 0 Å². The lowest BCUT2D eigenvalue weighted by Gasteiger charge is -2.02. The van der Waals surface area contributed by atoms with E-state index in [1.807, 2.05) is 0 Å². The van der Waals surface area contributed by atoms with Crippen LogP contribution in [0.25, 0.3) is 5.82 Å². The number of aromatic carboxylic acids is 1. The van der Waals surface area contributed by atoms with Gasteiger partial charge in [0.05, 0.1) is 0 Å². The van der Waals surface area contributed by atoms with Crippen molar-refractivity contribution < 1.29 is 23.1 Å². The van der Waals surface area contributed by atoms with Crippen LogP contribution in [0.3, 0.4) is 0 Å². The monoisotopic (exact) mass is 291 g/mol. The first-order chi connectivity index (χ1) is 8.82. The Morgan fingerprint density at radius 2 is 2.05 bits per heavy atom. The molecule has 2 aromatic heterocycles. The van der Waals surface area contributed by atoms with E-state index in [0.29, 0.717) is 4.68 Å². The highest BCUT2D eigenvalue weighted by Crippen LogP contribution is 2.35. The summed E-state index contributed by atoms with van der Waals surface area (Å²) < 4.78 is 38.7. The molecule has 0 fully saturated rings. The predicted octanol–water partition coefficient (Wildman–Crippen LogP) is 2.64. The first-order valence-electron chi connectivity index (χ1n) is 4.82. The number of halogens is 4. The van der Waals surface area contributed by atoms with Crippen LogP contribution in [0.4, 0.5) is 13.2 Å². The lowest BCUT2D eigenvalue weighted by atomic mass is 10.2. The number of carboxylic acids is 1. The Balaban J connectivity index is 2.70. The maximum Gasteiger partial charge on any atom is 0.436 e. The average Bonchev–Trinajstić information content (AvgIpc) is 2.68. The van der Waals surface area contributed by atoms with E-state index in [-0.39, 0.29) is 5.82 Å². The fraction of sp³-hybridized carbons (Fsp3) is 0.100. The van der Waals surface area contributed by atoms with Crippen molar-refractivity contribution >= 4 is 17.6 Å². The zero-order valence-electron chi connectivity index (χ0n) is 9.02. The summed E-state index contributed by atoms with van der Waals surface area (Å²) in [4.78, 5) is 14.6. The van der Waals surface area contributed by atoms with Gasteiger partial charge >= 0.3 is 12.1 Å². The lowest BCUT2D eigenvalue weighted by molar-refractivity contribution is -0.141. The third-order valence-electron chi connectivity index (χ3n) is 2.18. The Morgan fingerprint density at radius 1 is 1.37 bits per heavy atom. The number of carbonyl (C=O) groups is 1. The summed E-state index contributed by atoms with van der Waals surface area (Å²) in [6.45, 7) is 0. The molecule has 0 saturated carbocycles. The number of aromatic nitrogens is 3.